The number of amides is 2. The number of hydrogen-bond acceptors (Lipinski definition) is 1. The predicted octanol–water partition coefficient (Wildman–Crippen LogP) is 2.50. The number of carbonyl (C=O) groups is 1. The van der Waals surface area contributed by atoms with Crippen LogP contribution in [0.2, 0.25) is 0 Å². The van der Waals surface area contributed by atoms with E-state index in [1.807, 2.05) is 6.08 Å². The lowest BCUT2D eigenvalue weighted by Crippen LogP contribution is -2.36. The molecule has 0 aromatic rings. The van der Waals surface area contributed by atoms with E-state index in [0.717, 1.165) is 0 Å². The van der Waals surface area contributed by atoms with Gasteiger partial charge in [-0.25, -0.2) is 4.79 Å². The van der Waals surface area contributed by atoms with E-state index in [1.54, 1.807) is 13.1 Å². The highest BCUT2D eigenvalue weighted by molar-refractivity contribution is 6.30. The number of carbonyl (C=O) groups excluding carboxylic acids is 1. The van der Waals surface area contributed by atoms with Crippen molar-refractivity contribution in [2.75, 3.05) is 13.6 Å². The normalized spacial score (nSPS) is 12.9. The maximum absolute atomic E-state index is 11.0. The summed E-state index contributed by atoms with van der Waals surface area (Å²) in [5.41, 5.74) is 0. The van der Waals surface area contributed by atoms with E-state index in [0.29, 0.717) is 17.5 Å². The summed E-state index contributed by atoms with van der Waals surface area (Å²) in [6.45, 7) is 8.36. The van der Waals surface area contributed by atoms with Crippen LogP contribution in [0.1, 0.15) is 13.8 Å². The zero-order valence-corrected chi connectivity index (χ0v) is 10.3. The van der Waals surface area contributed by atoms with Crippen molar-refractivity contribution < 1.29 is 4.79 Å². The van der Waals surface area contributed by atoms with Gasteiger partial charge in [0, 0.05) is 18.6 Å². The van der Waals surface area contributed by atoms with Gasteiger partial charge in [0.15, 0.2) is 0 Å². The number of hydrogen-bond donors (Lipinski definition) is 2. The highest BCUT2D eigenvalue weighted by atomic mass is 35.5. The molecule has 2 N–H and O–H groups in total. The molecule has 86 valence electrons. The van der Waals surface area contributed by atoms with Gasteiger partial charge in [0.1, 0.15) is 0 Å². The molecule has 0 aliphatic heterocycles. The Morgan fingerprint density at radius 3 is 2.53 bits per heavy atom. The minimum Gasteiger partial charge on any atom is -0.341 e. The Hall–Kier alpha value is -0.960. The molecule has 0 aromatic heterocycles. The van der Waals surface area contributed by atoms with Crippen LogP contribution in [0, 0.1) is 11.8 Å². The van der Waals surface area contributed by atoms with E-state index >= 15 is 0 Å². The van der Waals surface area contributed by atoms with E-state index in [4.69, 9.17) is 11.6 Å². The van der Waals surface area contributed by atoms with Crippen LogP contribution >= 0.6 is 11.6 Å². The number of allylic oxidation sites excluding steroid dienone is 2. The molecule has 0 saturated carbocycles. The topological polar surface area (TPSA) is 41.1 Å². The van der Waals surface area contributed by atoms with Crippen molar-refractivity contribution in [2.24, 2.45) is 11.8 Å². The summed E-state index contributed by atoms with van der Waals surface area (Å²) in [7, 11) is 1.59. The molecule has 0 unspecified atom stereocenters. The molecule has 0 bridgehead atoms. The second kappa shape index (κ2) is 7.35. The van der Waals surface area contributed by atoms with Gasteiger partial charge in [-0.2, -0.15) is 0 Å². The van der Waals surface area contributed by atoms with Gasteiger partial charge in [0.05, 0.1) is 0 Å². The molecule has 0 fully saturated rings. The lowest BCUT2D eigenvalue weighted by molar-refractivity contribution is 0.240. The molecule has 0 aromatic carbocycles. The summed E-state index contributed by atoms with van der Waals surface area (Å²) in [6, 6.07) is -0.168. The SMILES string of the molecule is C=C(Cl)/C=C\[C@H](CNC(=O)NC)C(C)C. The molecular formula is C11H19ClN2O. The van der Waals surface area contributed by atoms with Gasteiger partial charge in [0.25, 0.3) is 0 Å². The molecule has 3 nitrogen and oxygen atoms in total. The average molecular weight is 231 g/mol. The molecule has 15 heavy (non-hydrogen) atoms. The first-order valence-corrected chi connectivity index (χ1v) is 5.33. The number of rotatable bonds is 5. The minimum atomic E-state index is -0.168. The Morgan fingerprint density at radius 1 is 1.53 bits per heavy atom. The molecule has 0 aliphatic carbocycles. The fourth-order valence-corrected chi connectivity index (χ4v) is 1.13. The van der Waals surface area contributed by atoms with Crippen LogP contribution in [0.5, 0.6) is 0 Å². The maximum Gasteiger partial charge on any atom is 0.314 e. The third-order valence-corrected chi connectivity index (χ3v) is 2.23. The van der Waals surface area contributed by atoms with E-state index in [2.05, 4.69) is 31.1 Å². The smallest absolute Gasteiger partial charge is 0.314 e. The van der Waals surface area contributed by atoms with Crippen molar-refractivity contribution in [1.82, 2.24) is 10.6 Å². The minimum absolute atomic E-state index is 0.168. The predicted molar refractivity (Wildman–Crippen MR) is 64.9 cm³/mol. The van der Waals surface area contributed by atoms with Crippen LogP contribution in [0.3, 0.4) is 0 Å². The molecule has 0 heterocycles. The van der Waals surface area contributed by atoms with Crippen molar-refractivity contribution in [3.63, 3.8) is 0 Å². The van der Waals surface area contributed by atoms with Gasteiger partial charge in [0.2, 0.25) is 0 Å². The van der Waals surface area contributed by atoms with Gasteiger partial charge < -0.3 is 10.6 Å². The fourth-order valence-electron chi connectivity index (χ4n) is 1.05. The van der Waals surface area contributed by atoms with Gasteiger partial charge in [-0.05, 0) is 17.9 Å². The van der Waals surface area contributed by atoms with Crippen LogP contribution in [0.15, 0.2) is 23.8 Å². The highest BCUT2D eigenvalue weighted by Gasteiger charge is 2.10. The van der Waals surface area contributed by atoms with Gasteiger partial charge in [-0.15, -0.1) is 0 Å². The Kier molecular flexibility index (Phi) is 6.88. The molecule has 4 heteroatoms. The van der Waals surface area contributed by atoms with Crippen LogP contribution in [0.4, 0.5) is 4.79 Å². The first-order valence-electron chi connectivity index (χ1n) is 4.95. The lowest BCUT2D eigenvalue weighted by Gasteiger charge is -2.17. The zero-order chi connectivity index (χ0) is 11.8. The maximum atomic E-state index is 11.0. The average Bonchev–Trinajstić information content (AvgIpc) is 2.16. The Labute approximate surface area is 96.6 Å². The molecule has 0 radical (unpaired) electrons. The Morgan fingerprint density at radius 2 is 2.13 bits per heavy atom. The molecular weight excluding hydrogens is 212 g/mol. The lowest BCUT2D eigenvalue weighted by atomic mass is 9.95. The standard InChI is InChI=1S/C11H19ClN2O/c1-8(2)10(6-5-9(3)12)7-14-11(15)13-4/h5-6,8,10H,3,7H2,1-2,4H3,(H2,13,14,15)/b6-5-/t10-/m1/s1. The number of halogens is 1. The largest absolute Gasteiger partial charge is 0.341 e. The van der Waals surface area contributed by atoms with Crippen LogP contribution in [-0.4, -0.2) is 19.6 Å². The van der Waals surface area contributed by atoms with E-state index in [-0.39, 0.29) is 11.9 Å². The molecule has 1 atom stereocenters. The van der Waals surface area contributed by atoms with Crippen molar-refractivity contribution in [3.05, 3.63) is 23.8 Å². The zero-order valence-electron chi connectivity index (χ0n) is 9.51. The summed E-state index contributed by atoms with van der Waals surface area (Å²) >= 11 is 5.64. The molecule has 0 rings (SSSR count). The first kappa shape index (κ1) is 14.0. The van der Waals surface area contributed by atoms with Gasteiger partial charge in [-0.1, -0.05) is 38.1 Å². The second-order valence-electron chi connectivity index (χ2n) is 3.67. The van der Waals surface area contributed by atoms with E-state index in [1.165, 1.54) is 0 Å². The molecule has 0 saturated heterocycles. The Bertz CT molecular complexity index is 249. The molecule has 2 amide bonds. The summed E-state index contributed by atoms with van der Waals surface area (Å²) in [4.78, 5) is 11.0. The fraction of sp³-hybridized carbons (Fsp3) is 0.545. The molecule has 0 aliphatic rings. The van der Waals surface area contributed by atoms with Gasteiger partial charge in [-0.3, -0.25) is 0 Å². The van der Waals surface area contributed by atoms with Crippen LogP contribution < -0.4 is 10.6 Å². The highest BCUT2D eigenvalue weighted by Crippen LogP contribution is 2.13. The third kappa shape index (κ3) is 7.03. The summed E-state index contributed by atoms with van der Waals surface area (Å²) < 4.78 is 0. The van der Waals surface area contributed by atoms with Crippen molar-refractivity contribution in [2.45, 2.75) is 13.8 Å². The monoisotopic (exact) mass is 230 g/mol. The third-order valence-electron chi connectivity index (χ3n) is 2.11. The summed E-state index contributed by atoms with van der Waals surface area (Å²) in [6.07, 6.45) is 3.73. The quantitative estimate of drug-likeness (QED) is 0.700. The van der Waals surface area contributed by atoms with Crippen molar-refractivity contribution in [1.29, 1.82) is 0 Å². The number of urea groups is 1. The van der Waals surface area contributed by atoms with Crippen LogP contribution in [0.25, 0.3) is 0 Å². The number of nitrogens with one attached hydrogen (secondary N) is 2. The first-order chi connectivity index (χ1) is 6.97. The van der Waals surface area contributed by atoms with E-state index < -0.39 is 0 Å². The molecule has 0 spiro atoms. The Balaban J connectivity index is 4.17. The second-order valence-corrected chi connectivity index (χ2v) is 4.16. The summed E-state index contributed by atoms with van der Waals surface area (Å²) in [5, 5.41) is 5.77. The van der Waals surface area contributed by atoms with Crippen molar-refractivity contribution in [3.8, 4) is 0 Å². The van der Waals surface area contributed by atoms with Gasteiger partial charge >= 0.3 is 6.03 Å². The summed E-state index contributed by atoms with van der Waals surface area (Å²) in [5.74, 6) is 0.701. The van der Waals surface area contributed by atoms with Crippen molar-refractivity contribution >= 4 is 17.6 Å². The van der Waals surface area contributed by atoms with Crippen LogP contribution in [-0.2, 0) is 0 Å². The van der Waals surface area contributed by atoms with E-state index in [9.17, 15) is 4.79 Å².